The van der Waals surface area contributed by atoms with Crippen LogP contribution in [-0.2, 0) is 16.0 Å². The van der Waals surface area contributed by atoms with Gasteiger partial charge in [0, 0.05) is 12.1 Å². The molecule has 4 nitrogen and oxygen atoms in total. The first kappa shape index (κ1) is 16.1. The fourth-order valence-corrected chi connectivity index (χ4v) is 4.94. The molecule has 1 amide bonds. The quantitative estimate of drug-likeness (QED) is 0.927. The van der Waals surface area contributed by atoms with Crippen molar-refractivity contribution in [1.29, 1.82) is 0 Å². The predicted molar refractivity (Wildman–Crippen MR) is 96.3 cm³/mol. The summed E-state index contributed by atoms with van der Waals surface area (Å²) in [5.74, 6) is -0.676. The second kappa shape index (κ2) is 5.87. The van der Waals surface area contributed by atoms with Crippen molar-refractivity contribution in [2.24, 2.45) is 5.41 Å². The van der Waals surface area contributed by atoms with E-state index < -0.39 is 11.4 Å². The minimum Gasteiger partial charge on any atom is -0.481 e. The predicted octanol–water partition coefficient (Wildman–Crippen LogP) is 3.63. The molecule has 2 aromatic carbocycles. The summed E-state index contributed by atoms with van der Waals surface area (Å²) in [6.07, 6.45) is 3.28. The summed E-state index contributed by atoms with van der Waals surface area (Å²) in [5.41, 5.74) is 0.245. The van der Waals surface area contributed by atoms with Crippen molar-refractivity contribution < 1.29 is 14.7 Å². The first-order chi connectivity index (χ1) is 12.0. The van der Waals surface area contributed by atoms with Gasteiger partial charge in [-0.2, -0.15) is 0 Å². The molecule has 130 valence electrons. The number of hydrogen-bond acceptors (Lipinski definition) is 2. The second-order valence-electron chi connectivity index (χ2n) is 7.43. The Morgan fingerprint density at radius 2 is 1.92 bits per heavy atom. The highest BCUT2D eigenvalue weighted by Gasteiger charge is 2.60. The average molecular weight is 337 g/mol. The minimum absolute atomic E-state index is 0.0688. The summed E-state index contributed by atoms with van der Waals surface area (Å²) in [7, 11) is 0. The van der Waals surface area contributed by atoms with Crippen LogP contribution in [0.3, 0.4) is 0 Å². The SMILES string of the molecule is CC[C@@]1(C(=O)O)C[C@@H]2CC[C@H]1N2C(=O)Cc1ccc2ccccc2c1. The normalized spacial score (nSPS) is 27.8. The Morgan fingerprint density at radius 3 is 2.60 bits per heavy atom. The highest BCUT2D eigenvalue weighted by atomic mass is 16.4. The third-order valence-corrected chi connectivity index (χ3v) is 6.25. The van der Waals surface area contributed by atoms with Gasteiger partial charge in [0.25, 0.3) is 0 Å². The van der Waals surface area contributed by atoms with Crippen LogP contribution >= 0.6 is 0 Å². The first-order valence-electron chi connectivity index (χ1n) is 9.07. The van der Waals surface area contributed by atoms with Crippen LogP contribution in [0.1, 0.15) is 38.2 Å². The van der Waals surface area contributed by atoms with Crippen molar-refractivity contribution in [3.05, 3.63) is 48.0 Å². The van der Waals surface area contributed by atoms with E-state index in [0.29, 0.717) is 19.3 Å². The Kier molecular flexibility index (Phi) is 3.78. The van der Waals surface area contributed by atoms with Gasteiger partial charge in [-0.1, -0.05) is 49.4 Å². The summed E-state index contributed by atoms with van der Waals surface area (Å²) < 4.78 is 0. The monoisotopic (exact) mass is 337 g/mol. The molecule has 0 spiro atoms. The molecular weight excluding hydrogens is 314 g/mol. The van der Waals surface area contributed by atoms with Crippen LogP contribution < -0.4 is 0 Å². The highest BCUT2D eigenvalue weighted by molar-refractivity contribution is 5.87. The average Bonchev–Trinajstić information content (AvgIpc) is 3.18. The molecule has 1 N–H and O–H groups in total. The Balaban J connectivity index is 1.58. The van der Waals surface area contributed by atoms with Gasteiger partial charge >= 0.3 is 5.97 Å². The molecule has 2 bridgehead atoms. The molecule has 0 aliphatic carbocycles. The molecular formula is C21H23NO3. The van der Waals surface area contributed by atoms with E-state index in [1.807, 2.05) is 36.1 Å². The van der Waals surface area contributed by atoms with Crippen molar-refractivity contribution in [2.45, 2.75) is 51.1 Å². The zero-order chi connectivity index (χ0) is 17.6. The van der Waals surface area contributed by atoms with E-state index in [-0.39, 0.29) is 18.0 Å². The minimum atomic E-state index is -0.748. The fraction of sp³-hybridized carbons (Fsp3) is 0.429. The molecule has 2 saturated heterocycles. The van der Waals surface area contributed by atoms with Crippen molar-refractivity contribution in [3.8, 4) is 0 Å². The molecule has 4 heteroatoms. The number of hydrogen-bond donors (Lipinski definition) is 1. The van der Waals surface area contributed by atoms with E-state index >= 15 is 0 Å². The van der Waals surface area contributed by atoms with Gasteiger partial charge in [0.05, 0.1) is 11.8 Å². The molecule has 2 heterocycles. The van der Waals surface area contributed by atoms with Gasteiger partial charge in [0.15, 0.2) is 0 Å². The topological polar surface area (TPSA) is 57.6 Å². The molecule has 4 rings (SSSR count). The molecule has 2 fully saturated rings. The molecule has 0 saturated carbocycles. The van der Waals surface area contributed by atoms with E-state index in [1.165, 1.54) is 0 Å². The summed E-state index contributed by atoms with van der Waals surface area (Å²) in [4.78, 5) is 26.7. The highest BCUT2D eigenvalue weighted by Crippen LogP contribution is 2.52. The van der Waals surface area contributed by atoms with Gasteiger partial charge in [-0.3, -0.25) is 9.59 Å². The van der Waals surface area contributed by atoms with E-state index in [4.69, 9.17) is 0 Å². The van der Waals surface area contributed by atoms with Gasteiger partial charge in [-0.15, -0.1) is 0 Å². The smallest absolute Gasteiger partial charge is 0.311 e. The van der Waals surface area contributed by atoms with Crippen LogP contribution in [0.2, 0.25) is 0 Å². The van der Waals surface area contributed by atoms with Crippen LogP contribution in [0, 0.1) is 5.41 Å². The number of rotatable bonds is 4. The third-order valence-electron chi connectivity index (χ3n) is 6.25. The maximum atomic E-state index is 13.0. The van der Waals surface area contributed by atoms with Crippen LogP contribution in [0.4, 0.5) is 0 Å². The number of aliphatic carboxylic acids is 1. The number of carboxylic acid groups (broad SMARTS) is 1. The van der Waals surface area contributed by atoms with Gasteiger partial charge in [0.2, 0.25) is 5.91 Å². The molecule has 25 heavy (non-hydrogen) atoms. The summed E-state index contributed by atoms with van der Waals surface area (Å²) in [6, 6.07) is 14.2. The molecule has 3 atom stereocenters. The number of carbonyl (C=O) groups excluding carboxylic acids is 1. The van der Waals surface area contributed by atoms with Crippen LogP contribution in [0.25, 0.3) is 10.8 Å². The van der Waals surface area contributed by atoms with Crippen molar-refractivity contribution in [1.82, 2.24) is 4.90 Å². The van der Waals surface area contributed by atoms with E-state index in [0.717, 1.165) is 29.2 Å². The van der Waals surface area contributed by atoms with Crippen LogP contribution in [0.15, 0.2) is 42.5 Å². The Morgan fingerprint density at radius 1 is 1.16 bits per heavy atom. The number of amides is 1. The van der Waals surface area contributed by atoms with Gasteiger partial charge in [-0.05, 0) is 42.0 Å². The molecule has 0 radical (unpaired) electrons. The van der Waals surface area contributed by atoms with Gasteiger partial charge in [0.1, 0.15) is 0 Å². The molecule has 2 aliphatic rings. The molecule has 0 aromatic heterocycles. The Labute approximate surface area is 147 Å². The van der Waals surface area contributed by atoms with Crippen LogP contribution in [-0.4, -0.2) is 34.0 Å². The lowest BCUT2D eigenvalue weighted by Crippen LogP contribution is -2.45. The van der Waals surface area contributed by atoms with Crippen molar-refractivity contribution >= 4 is 22.6 Å². The second-order valence-corrected chi connectivity index (χ2v) is 7.43. The third kappa shape index (κ3) is 2.43. The van der Waals surface area contributed by atoms with Gasteiger partial charge in [-0.25, -0.2) is 0 Å². The number of benzene rings is 2. The van der Waals surface area contributed by atoms with Crippen LogP contribution in [0.5, 0.6) is 0 Å². The molecule has 0 unspecified atom stereocenters. The maximum Gasteiger partial charge on any atom is 0.311 e. The standard InChI is InChI=1S/C21H23NO3/c1-2-21(20(24)25)13-17-9-10-18(21)22(17)19(23)12-14-7-8-15-5-3-4-6-16(15)11-14/h3-8,11,17-18H,2,9-10,12-13H2,1H3,(H,24,25)/t17-,18+,21+/m0/s1. The Hall–Kier alpha value is -2.36. The largest absolute Gasteiger partial charge is 0.481 e. The summed E-state index contributed by atoms with van der Waals surface area (Å²) in [6.45, 7) is 1.93. The summed E-state index contributed by atoms with van der Waals surface area (Å²) in [5, 5.41) is 12.0. The number of fused-ring (bicyclic) bond motifs is 3. The zero-order valence-electron chi connectivity index (χ0n) is 14.4. The van der Waals surface area contributed by atoms with E-state index in [9.17, 15) is 14.7 Å². The van der Waals surface area contributed by atoms with E-state index in [2.05, 4.69) is 18.2 Å². The van der Waals surface area contributed by atoms with Gasteiger partial charge < -0.3 is 10.0 Å². The lowest BCUT2D eigenvalue weighted by molar-refractivity contribution is -0.151. The fourth-order valence-electron chi connectivity index (χ4n) is 4.94. The maximum absolute atomic E-state index is 13.0. The lowest BCUT2D eigenvalue weighted by Gasteiger charge is -2.32. The Bertz CT molecular complexity index is 846. The lowest BCUT2D eigenvalue weighted by atomic mass is 9.72. The molecule has 2 aliphatic heterocycles. The number of carbonyl (C=O) groups is 2. The van der Waals surface area contributed by atoms with Crippen molar-refractivity contribution in [3.63, 3.8) is 0 Å². The van der Waals surface area contributed by atoms with E-state index in [1.54, 1.807) is 0 Å². The summed E-state index contributed by atoms with van der Waals surface area (Å²) >= 11 is 0. The number of nitrogens with zero attached hydrogens (tertiary/aromatic N) is 1. The first-order valence-corrected chi connectivity index (χ1v) is 9.07. The zero-order valence-corrected chi connectivity index (χ0v) is 14.4. The van der Waals surface area contributed by atoms with Crippen molar-refractivity contribution in [2.75, 3.05) is 0 Å². The molecule has 2 aromatic rings. The number of carboxylic acids is 1.